The van der Waals surface area contributed by atoms with Gasteiger partial charge in [-0.05, 0) is 19.4 Å². The first-order chi connectivity index (χ1) is 7.20. The standard InChI is InChI=1S/C12H14N2S/c1-8-3-5-10(6-4-8)12-9(2)14-11(7-13)15-12/h3-6H,7,13H2,1-2H3. The number of benzene rings is 1. The Balaban J connectivity index is 2.44. The van der Waals surface area contributed by atoms with E-state index < -0.39 is 0 Å². The predicted octanol–water partition coefficient (Wildman–Crippen LogP) is 2.89. The van der Waals surface area contributed by atoms with Crippen molar-refractivity contribution < 1.29 is 0 Å². The van der Waals surface area contributed by atoms with E-state index in [1.54, 1.807) is 11.3 Å². The van der Waals surface area contributed by atoms with Crippen LogP contribution in [0.2, 0.25) is 0 Å². The second kappa shape index (κ2) is 4.13. The Labute approximate surface area is 93.8 Å². The van der Waals surface area contributed by atoms with Crippen LogP contribution in [0.5, 0.6) is 0 Å². The van der Waals surface area contributed by atoms with Crippen LogP contribution in [0.3, 0.4) is 0 Å². The highest BCUT2D eigenvalue weighted by Gasteiger charge is 2.07. The van der Waals surface area contributed by atoms with Gasteiger partial charge in [0.1, 0.15) is 5.01 Å². The monoisotopic (exact) mass is 218 g/mol. The topological polar surface area (TPSA) is 38.9 Å². The maximum atomic E-state index is 5.58. The smallest absolute Gasteiger partial charge is 0.107 e. The Morgan fingerprint density at radius 3 is 2.40 bits per heavy atom. The predicted molar refractivity (Wildman–Crippen MR) is 64.9 cm³/mol. The molecule has 78 valence electrons. The molecule has 2 rings (SSSR count). The zero-order valence-corrected chi connectivity index (χ0v) is 9.77. The first-order valence-electron chi connectivity index (χ1n) is 4.94. The molecular formula is C12H14N2S. The number of aryl methyl sites for hydroxylation is 2. The maximum Gasteiger partial charge on any atom is 0.107 e. The average Bonchev–Trinajstić information content (AvgIpc) is 2.61. The van der Waals surface area contributed by atoms with Crippen LogP contribution in [0.25, 0.3) is 10.4 Å². The van der Waals surface area contributed by atoms with Gasteiger partial charge in [0, 0.05) is 6.54 Å². The second-order valence-electron chi connectivity index (χ2n) is 3.59. The highest BCUT2D eigenvalue weighted by atomic mass is 32.1. The maximum absolute atomic E-state index is 5.58. The molecule has 1 aromatic carbocycles. The van der Waals surface area contributed by atoms with Crippen LogP contribution in [0.4, 0.5) is 0 Å². The van der Waals surface area contributed by atoms with Crippen molar-refractivity contribution in [2.24, 2.45) is 5.73 Å². The van der Waals surface area contributed by atoms with Crippen LogP contribution in [-0.4, -0.2) is 4.98 Å². The third kappa shape index (κ3) is 2.08. The van der Waals surface area contributed by atoms with Gasteiger partial charge in [0.2, 0.25) is 0 Å². The van der Waals surface area contributed by atoms with Gasteiger partial charge >= 0.3 is 0 Å². The lowest BCUT2D eigenvalue weighted by molar-refractivity contribution is 1.02. The van der Waals surface area contributed by atoms with Crippen molar-refractivity contribution in [1.82, 2.24) is 4.98 Å². The van der Waals surface area contributed by atoms with Crippen molar-refractivity contribution in [2.45, 2.75) is 20.4 Å². The Morgan fingerprint density at radius 2 is 1.87 bits per heavy atom. The van der Waals surface area contributed by atoms with Crippen molar-refractivity contribution in [3.05, 3.63) is 40.5 Å². The third-order valence-electron chi connectivity index (χ3n) is 2.33. The van der Waals surface area contributed by atoms with E-state index in [1.165, 1.54) is 16.0 Å². The molecule has 0 saturated carbocycles. The number of hydrogen-bond acceptors (Lipinski definition) is 3. The van der Waals surface area contributed by atoms with E-state index in [1.807, 2.05) is 6.92 Å². The molecule has 2 nitrogen and oxygen atoms in total. The lowest BCUT2D eigenvalue weighted by atomic mass is 10.1. The normalized spacial score (nSPS) is 10.6. The van der Waals surface area contributed by atoms with Crippen molar-refractivity contribution in [3.63, 3.8) is 0 Å². The quantitative estimate of drug-likeness (QED) is 0.841. The lowest BCUT2D eigenvalue weighted by Crippen LogP contribution is -1.94. The van der Waals surface area contributed by atoms with E-state index in [4.69, 9.17) is 5.73 Å². The number of nitrogens with zero attached hydrogens (tertiary/aromatic N) is 1. The third-order valence-corrected chi connectivity index (χ3v) is 3.56. The number of rotatable bonds is 2. The molecule has 2 aromatic rings. The fraction of sp³-hybridized carbons (Fsp3) is 0.250. The molecule has 15 heavy (non-hydrogen) atoms. The molecule has 0 radical (unpaired) electrons. The molecule has 1 heterocycles. The number of nitrogens with two attached hydrogens (primary N) is 1. The summed E-state index contributed by atoms with van der Waals surface area (Å²) in [7, 11) is 0. The molecule has 0 atom stereocenters. The summed E-state index contributed by atoms with van der Waals surface area (Å²) >= 11 is 1.68. The fourth-order valence-electron chi connectivity index (χ4n) is 1.51. The summed E-state index contributed by atoms with van der Waals surface area (Å²) in [5.41, 5.74) is 9.17. The first-order valence-corrected chi connectivity index (χ1v) is 5.76. The molecule has 3 heteroatoms. The summed E-state index contributed by atoms with van der Waals surface area (Å²) in [6.45, 7) is 4.65. The van der Waals surface area contributed by atoms with Gasteiger partial charge < -0.3 is 5.73 Å². The van der Waals surface area contributed by atoms with Crippen molar-refractivity contribution in [2.75, 3.05) is 0 Å². The summed E-state index contributed by atoms with van der Waals surface area (Å²) in [5.74, 6) is 0. The Hall–Kier alpha value is -1.19. The van der Waals surface area contributed by atoms with Crippen LogP contribution in [-0.2, 0) is 6.54 Å². The minimum absolute atomic E-state index is 0.525. The Kier molecular flexibility index (Phi) is 2.84. The zero-order valence-electron chi connectivity index (χ0n) is 8.95. The molecular weight excluding hydrogens is 204 g/mol. The Morgan fingerprint density at radius 1 is 1.20 bits per heavy atom. The summed E-state index contributed by atoms with van der Waals surface area (Å²) in [5, 5.41) is 1.00. The van der Waals surface area contributed by atoms with Gasteiger partial charge in [0.15, 0.2) is 0 Å². The number of thiazole rings is 1. The molecule has 0 saturated heterocycles. The van der Waals surface area contributed by atoms with Crippen molar-refractivity contribution in [3.8, 4) is 10.4 Å². The van der Waals surface area contributed by atoms with Gasteiger partial charge in [-0.25, -0.2) is 4.98 Å². The summed E-state index contributed by atoms with van der Waals surface area (Å²) in [6.07, 6.45) is 0. The minimum Gasteiger partial charge on any atom is -0.325 e. The zero-order chi connectivity index (χ0) is 10.8. The molecule has 0 bridgehead atoms. The average molecular weight is 218 g/mol. The van der Waals surface area contributed by atoms with Gasteiger partial charge in [-0.2, -0.15) is 0 Å². The molecule has 0 amide bonds. The van der Waals surface area contributed by atoms with E-state index in [2.05, 4.69) is 36.2 Å². The van der Waals surface area contributed by atoms with Gasteiger partial charge in [0.25, 0.3) is 0 Å². The molecule has 0 aliphatic rings. The first kappa shape index (κ1) is 10.3. The van der Waals surface area contributed by atoms with Crippen LogP contribution >= 0.6 is 11.3 Å². The number of aromatic nitrogens is 1. The lowest BCUT2D eigenvalue weighted by Gasteiger charge is -1.98. The second-order valence-corrected chi connectivity index (χ2v) is 4.68. The van der Waals surface area contributed by atoms with Crippen LogP contribution in [0.1, 0.15) is 16.3 Å². The van der Waals surface area contributed by atoms with Crippen molar-refractivity contribution >= 4 is 11.3 Å². The fourth-order valence-corrected chi connectivity index (χ4v) is 2.46. The van der Waals surface area contributed by atoms with Crippen LogP contribution in [0.15, 0.2) is 24.3 Å². The van der Waals surface area contributed by atoms with Gasteiger partial charge in [-0.15, -0.1) is 11.3 Å². The Bertz CT molecular complexity index is 457. The summed E-state index contributed by atoms with van der Waals surface area (Å²) in [6, 6.07) is 8.51. The van der Waals surface area contributed by atoms with E-state index >= 15 is 0 Å². The molecule has 0 unspecified atom stereocenters. The van der Waals surface area contributed by atoms with E-state index in [0.717, 1.165) is 10.7 Å². The van der Waals surface area contributed by atoms with E-state index in [-0.39, 0.29) is 0 Å². The molecule has 2 N–H and O–H groups in total. The van der Waals surface area contributed by atoms with Crippen LogP contribution < -0.4 is 5.73 Å². The van der Waals surface area contributed by atoms with Gasteiger partial charge in [-0.1, -0.05) is 29.8 Å². The highest BCUT2D eigenvalue weighted by Crippen LogP contribution is 2.29. The SMILES string of the molecule is Cc1ccc(-c2sc(CN)nc2C)cc1. The van der Waals surface area contributed by atoms with Gasteiger partial charge in [0.05, 0.1) is 10.6 Å². The van der Waals surface area contributed by atoms with Crippen LogP contribution in [0, 0.1) is 13.8 Å². The van der Waals surface area contributed by atoms with E-state index in [0.29, 0.717) is 6.54 Å². The summed E-state index contributed by atoms with van der Waals surface area (Å²) in [4.78, 5) is 5.65. The highest BCUT2D eigenvalue weighted by molar-refractivity contribution is 7.15. The molecule has 1 aromatic heterocycles. The largest absolute Gasteiger partial charge is 0.325 e. The number of hydrogen-bond donors (Lipinski definition) is 1. The van der Waals surface area contributed by atoms with E-state index in [9.17, 15) is 0 Å². The molecule has 0 spiro atoms. The molecule has 0 aliphatic carbocycles. The minimum atomic E-state index is 0.525. The van der Waals surface area contributed by atoms with Crippen molar-refractivity contribution in [1.29, 1.82) is 0 Å². The molecule has 0 fully saturated rings. The van der Waals surface area contributed by atoms with Gasteiger partial charge in [-0.3, -0.25) is 0 Å². The molecule has 0 aliphatic heterocycles. The summed E-state index contributed by atoms with van der Waals surface area (Å²) < 4.78 is 0.